The SMILES string of the molecule is COC(=O)c1ccc(-c2cc(N)on2)cc1. The molecule has 5 nitrogen and oxygen atoms in total. The number of ether oxygens (including phenoxy) is 1. The molecule has 0 spiro atoms. The lowest BCUT2D eigenvalue weighted by atomic mass is 10.1. The maximum absolute atomic E-state index is 11.2. The van der Waals surface area contributed by atoms with Crippen LogP contribution in [-0.2, 0) is 4.74 Å². The van der Waals surface area contributed by atoms with Crippen LogP contribution in [0.15, 0.2) is 34.9 Å². The number of esters is 1. The number of benzene rings is 1. The molecule has 1 heterocycles. The van der Waals surface area contributed by atoms with Gasteiger partial charge in [-0.05, 0) is 12.1 Å². The third kappa shape index (κ3) is 1.88. The number of anilines is 1. The quantitative estimate of drug-likeness (QED) is 0.776. The summed E-state index contributed by atoms with van der Waals surface area (Å²) >= 11 is 0. The summed E-state index contributed by atoms with van der Waals surface area (Å²) in [6.45, 7) is 0. The van der Waals surface area contributed by atoms with E-state index in [1.807, 2.05) is 0 Å². The van der Waals surface area contributed by atoms with Crippen molar-refractivity contribution in [3.05, 3.63) is 35.9 Å². The van der Waals surface area contributed by atoms with Crippen molar-refractivity contribution in [3.63, 3.8) is 0 Å². The molecule has 0 fully saturated rings. The Balaban J connectivity index is 2.29. The molecule has 0 radical (unpaired) electrons. The van der Waals surface area contributed by atoms with Crippen molar-refractivity contribution in [1.29, 1.82) is 0 Å². The zero-order valence-corrected chi connectivity index (χ0v) is 8.64. The lowest BCUT2D eigenvalue weighted by molar-refractivity contribution is 0.0601. The maximum atomic E-state index is 11.2. The van der Waals surface area contributed by atoms with E-state index in [4.69, 9.17) is 10.3 Å². The van der Waals surface area contributed by atoms with Gasteiger partial charge in [-0.2, -0.15) is 0 Å². The molecule has 0 saturated carbocycles. The van der Waals surface area contributed by atoms with Crippen molar-refractivity contribution in [2.45, 2.75) is 0 Å². The molecule has 0 aliphatic heterocycles. The predicted octanol–water partition coefficient (Wildman–Crippen LogP) is 1.71. The zero-order valence-electron chi connectivity index (χ0n) is 8.64. The predicted molar refractivity (Wildman–Crippen MR) is 57.7 cm³/mol. The topological polar surface area (TPSA) is 78.4 Å². The van der Waals surface area contributed by atoms with E-state index in [0.717, 1.165) is 5.56 Å². The van der Waals surface area contributed by atoms with Gasteiger partial charge in [0.15, 0.2) is 0 Å². The van der Waals surface area contributed by atoms with Gasteiger partial charge in [-0.15, -0.1) is 0 Å². The fraction of sp³-hybridized carbons (Fsp3) is 0.0909. The first-order valence-corrected chi connectivity index (χ1v) is 4.61. The van der Waals surface area contributed by atoms with Gasteiger partial charge in [0, 0.05) is 11.6 Å². The van der Waals surface area contributed by atoms with Gasteiger partial charge < -0.3 is 15.0 Å². The first-order chi connectivity index (χ1) is 7.70. The van der Waals surface area contributed by atoms with Gasteiger partial charge in [-0.3, -0.25) is 0 Å². The van der Waals surface area contributed by atoms with Gasteiger partial charge in [0.25, 0.3) is 0 Å². The van der Waals surface area contributed by atoms with Gasteiger partial charge in [-0.25, -0.2) is 4.79 Å². The molecule has 2 rings (SSSR count). The van der Waals surface area contributed by atoms with Crippen LogP contribution in [0.1, 0.15) is 10.4 Å². The molecule has 0 saturated heterocycles. The summed E-state index contributed by atoms with van der Waals surface area (Å²) in [7, 11) is 1.34. The Kier molecular flexibility index (Phi) is 2.59. The average Bonchev–Trinajstić information content (AvgIpc) is 2.75. The normalized spacial score (nSPS) is 10.1. The van der Waals surface area contributed by atoms with E-state index < -0.39 is 0 Å². The number of aromatic nitrogens is 1. The molecular formula is C11H10N2O3. The van der Waals surface area contributed by atoms with Crippen molar-refractivity contribution < 1.29 is 14.1 Å². The monoisotopic (exact) mass is 218 g/mol. The van der Waals surface area contributed by atoms with E-state index in [-0.39, 0.29) is 11.9 Å². The Hall–Kier alpha value is -2.30. The van der Waals surface area contributed by atoms with Gasteiger partial charge in [-0.1, -0.05) is 17.3 Å². The van der Waals surface area contributed by atoms with E-state index in [2.05, 4.69) is 9.89 Å². The lowest BCUT2D eigenvalue weighted by Crippen LogP contribution is -2.00. The molecule has 5 heteroatoms. The molecule has 0 aliphatic rings. The molecule has 1 aromatic carbocycles. The molecule has 2 aromatic rings. The zero-order chi connectivity index (χ0) is 11.5. The van der Waals surface area contributed by atoms with Crippen LogP contribution in [0.25, 0.3) is 11.3 Å². The number of nitrogens with zero attached hydrogens (tertiary/aromatic N) is 1. The highest BCUT2D eigenvalue weighted by molar-refractivity contribution is 5.89. The highest BCUT2D eigenvalue weighted by Crippen LogP contribution is 2.20. The minimum absolute atomic E-state index is 0.257. The summed E-state index contributed by atoms with van der Waals surface area (Å²) < 4.78 is 9.35. The summed E-state index contributed by atoms with van der Waals surface area (Å²) in [4.78, 5) is 11.2. The fourth-order valence-corrected chi connectivity index (χ4v) is 1.32. The van der Waals surface area contributed by atoms with Crippen LogP contribution in [0.2, 0.25) is 0 Å². The molecule has 0 bridgehead atoms. The Bertz CT molecular complexity index is 502. The smallest absolute Gasteiger partial charge is 0.337 e. The van der Waals surface area contributed by atoms with Crippen molar-refractivity contribution in [2.75, 3.05) is 12.8 Å². The first kappa shape index (κ1) is 10.2. The van der Waals surface area contributed by atoms with E-state index in [0.29, 0.717) is 11.3 Å². The van der Waals surface area contributed by atoms with Gasteiger partial charge in [0.05, 0.1) is 12.7 Å². The van der Waals surface area contributed by atoms with Crippen molar-refractivity contribution in [3.8, 4) is 11.3 Å². The van der Waals surface area contributed by atoms with Gasteiger partial charge >= 0.3 is 5.97 Å². The van der Waals surface area contributed by atoms with Crippen LogP contribution in [0.3, 0.4) is 0 Å². The average molecular weight is 218 g/mol. The number of carbonyl (C=O) groups is 1. The molecule has 16 heavy (non-hydrogen) atoms. The highest BCUT2D eigenvalue weighted by atomic mass is 16.5. The Morgan fingerprint density at radius 2 is 2.06 bits per heavy atom. The summed E-state index contributed by atoms with van der Waals surface area (Å²) in [6.07, 6.45) is 0. The second kappa shape index (κ2) is 4.06. The summed E-state index contributed by atoms with van der Waals surface area (Å²) in [5.74, 6) is -0.113. The van der Waals surface area contributed by atoms with Crippen LogP contribution < -0.4 is 5.73 Å². The van der Waals surface area contributed by atoms with E-state index in [1.54, 1.807) is 30.3 Å². The van der Waals surface area contributed by atoms with Crippen LogP contribution in [0.4, 0.5) is 5.88 Å². The minimum atomic E-state index is -0.369. The number of rotatable bonds is 2. The largest absolute Gasteiger partial charge is 0.465 e. The number of carbonyl (C=O) groups excluding carboxylic acids is 1. The summed E-state index contributed by atoms with van der Waals surface area (Å²) in [5, 5.41) is 3.76. The highest BCUT2D eigenvalue weighted by Gasteiger charge is 2.07. The number of nitrogens with two attached hydrogens (primary N) is 1. The third-order valence-electron chi connectivity index (χ3n) is 2.13. The van der Waals surface area contributed by atoms with Crippen LogP contribution >= 0.6 is 0 Å². The van der Waals surface area contributed by atoms with Gasteiger partial charge in [0.2, 0.25) is 5.88 Å². The number of methoxy groups -OCH3 is 1. The third-order valence-corrected chi connectivity index (χ3v) is 2.13. The Morgan fingerprint density at radius 3 is 2.56 bits per heavy atom. The van der Waals surface area contributed by atoms with Crippen molar-refractivity contribution >= 4 is 11.9 Å². The fourth-order valence-electron chi connectivity index (χ4n) is 1.32. The van der Waals surface area contributed by atoms with E-state index in [1.165, 1.54) is 7.11 Å². The second-order valence-corrected chi connectivity index (χ2v) is 3.18. The van der Waals surface area contributed by atoms with Crippen LogP contribution in [-0.4, -0.2) is 18.2 Å². The Labute approximate surface area is 91.8 Å². The molecule has 1 aromatic heterocycles. The number of hydrogen-bond donors (Lipinski definition) is 1. The van der Waals surface area contributed by atoms with Crippen LogP contribution in [0, 0.1) is 0 Å². The minimum Gasteiger partial charge on any atom is -0.465 e. The molecule has 0 atom stereocenters. The molecule has 0 aliphatic carbocycles. The molecule has 0 amide bonds. The van der Waals surface area contributed by atoms with E-state index in [9.17, 15) is 4.79 Å². The van der Waals surface area contributed by atoms with Crippen molar-refractivity contribution in [2.24, 2.45) is 0 Å². The maximum Gasteiger partial charge on any atom is 0.337 e. The molecule has 2 N–H and O–H groups in total. The van der Waals surface area contributed by atoms with E-state index >= 15 is 0 Å². The van der Waals surface area contributed by atoms with Crippen molar-refractivity contribution in [1.82, 2.24) is 5.16 Å². The Morgan fingerprint density at radius 1 is 1.38 bits per heavy atom. The second-order valence-electron chi connectivity index (χ2n) is 3.18. The molecule has 82 valence electrons. The standard InChI is InChI=1S/C11H10N2O3/c1-15-11(14)8-4-2-7(3-5-8)9-6-10(12)16-13-9/h2-6H,12H2,1H3. The first-order valence-electron chi connectivity index (χ1n) is 4.61. The van der Waals surface area contributed by atoms with Crippen LogP contribution in [0.5, 0.6) is 0 Å². The number of hydrogen-bond acceptors (Lipinski definition) is 5. The summed E-state index contributed by atoms with van der Waals surface area (Å²) in [6, 6.07) is 8.44. The van der Waals surface area contributed by atoms with Gasteiger partial charge in [0.1, 0.15) is 5.69 Å². The molecule has 0 unspecified atom stereocenters. The molecular weight excluding hydrogens is 208 g/mol. The lowest BCUT2D eigenvalue weighted by Gasteiger charge is -1.99. The summed E-state index contributed by atoms with van der Waals surface area (Å²) in [5.41, 5.74) is 7.36. The number of nitrogen functional groups attached to an aromatic ring is 1.